The summed E-state index contributed by atoms with van der Waals surface area (Å²) in [7, 11) is 0. The number of carbonyl (C=O) groups is 6. The summed E-state index contributed by atoms with van der Waals surface area (Å²) >= 11 is -0.274. The zero-order valence-corrected chi connectivity index (χ0v) is 56.6. The average Bonchev–Trinajstić information content (AvgIpc) is 3.73. The van der Waals surface area contributed by atoms with E-state index in [9.17, 15) is 28.8 Å². The quantitative estimate of drug-likeness (QED) is 0.0188. The molecule has 2 rings (SSSR count). The smallest absolute Gasteiger partial charge is 0.407 e. The Hall–Kier alpha value is -4.87. The molecule has 0 spiro atoms. The molecule has 0 fully saturated rings. The summed E-state index contributed by atoms with van der Waals surface area (Å²) in [6, 6.07) is 18.0. The molecule has 15 nitrogen and oxygen atoms in total. The lowest BCUT2D eigenvalue weighted by Crippen LogP contribution is -3.61. The van der Waals surface area contributed by atoms with E-state index in [0.717, 1.165) is 127 Å². The van der Waals surface area contributed by atoms with Gasteiger partial charge >= 0.3 is 57.3 Å². The molecule has 0 aliphatic heterocycles. The van der Waals surface area contributed by atoms with Gasteiger partial charge in [0.05, 0.1) is 0 Å². The van der Waals surface area contributed by atoms with Crippen LogP contribution in [0.5, 0.6) is 5.75 Å². The Kier molecular flexibility index (Phi) is 50.7. The van der Waals surface area contributed by atoms with E-state index < -0.39 is 24.1 Å². The lowest BCUT2D eigenvalue weighted by molar-refractivity contribution is -0.597. The molecule has 87 heavy (non-hydrogen) atoms. The summed E-state index contributed by atoms with van der Waals surface area (Å²) in [5.74, 6) is -0.238. The number of hydrogen-bond acceptors (Lipinski definition) is 11. The Morgan fingerprint density at radius 3 is 1.43 bits per heavy atom. The van der Waals surface area contributed by atoms with Crippen molar-refractivity contribution in [3.8, 4) is 5.75 Å². The van der Waals surface area contributed by atoms with Gasteiger partial charge in [-0.05, 0) is 107 Å². The maximum Gasteiger partial charge on any atom is 0.407 e. The number of urea groups is 2. The number of alkyl carbamates (subject to hydrolysis) is 1. The predicted molar refractivity (Wildman–Crippen MR) is 347 cm³/mol. The normalized spacial score (nSPS) is 11.7. The van der Waals surface area contributed by atoms with Crippen LogP contribution in [0.3, 0.4) is 0 Å². The van der Waals surface area contributed by atoms with Crippen molar-refractivity contribution >= 4 is 36.1 Å². The number of amides is 5. The van der Waals surface area contributed by atoms with Crippen LogP contribution in [-0.2, 0) is 33.3 Å². The van der Waals surface area contributed by atoms with E-state index in [4.69, 9.17) is 23.7 Å². The van der Waals surface area contributed by atoms with Gasteiger partial charge in [0.25, 0.3) is 0 Å². The summed E-state index contributed by atoms with van der Waals surface area (Å²) in [5, 5.41) is 8.85. The van der Waals surface area contributed by atoms with E-state index in [0.29, 0.717) is 38.9 Å². The molecule has 2 aromatic carbocycles. The maximum absolute atomic E-state index is 13.5. The minimum absolute atomic E-state index is 0.00503. The number of nitrogens with one attached hydrogen (secondary N) is 3. The highest BCUT2D eigenvalue weighted by atomic mass is 127. The van der Waals surface area contributed by atoms with E-state index in [1.54, 1.807) is 0 Å². The largest absolute Gasteiger partial charge is 0.490 e. The molecule has 0 radical (unpaired) electrons. The van der Waals surface area contributed by atoms with Gasteiger partial charge in [-0.25, -0.2) is 24.1 Å². The molecule has 0 bridgehead atoms. The monoisotopic (exact) mass is 1330 g/mol. The number of imide groups is 1. The van der Waals surface area contributed by atoms with Crippen LogP contribution in [0.4, 0.5) is 14.4 Å². The first-order chi connectivity index (χ1) is 42.6. The van der Waals surface area contributed by atoms with Gasteiger partial charge in [0.15, 0.2) is 7.14 Å². The molecule has 0 heterocycles. The van der Waals surface area contributed by atoms with Crippen LogP contribution >= 0.6 is 0 Å². The Morgan fingerprint density at radius 2 is 0.908 bits per heavy atom. The van der Waals surface area contributed by atoms with Crippen molar-refractivity contribution in [2.75, 3.05) is 46.0 Å². The fourth-order valence-corrected chi connectivity index (χ4v) is 12.4. The van der Waals surface area contributed by atoms with Gasteiger partial charge in [-0.2, -0.15) is 0 Å². The van der Waals surface area contributed by atoms with Crippen molar-refractivity contribution in [2.24, 2.45) is 0 Å². The number of halogens is 1. The van der Waals surface area contributed by atoms with Crippen LogP contribution in [0.2, 0.25) is 0 Å². The fourth-order valence-electron chi connectivity index (χ4n) is 10.2. The molecule has 0 saturated heterocycles. The SMILES string of the molecule is C=CC(=O)OCCOC(=O)CCCCCCCNC(=O)N(CCCCCCNC(=O)OC(CCCCCCCCCCCC)COc1ccc([I+]c2ccccc2)cc1)C(=O)NCCCCCCCC(=O)OC(CC)CCCCCCCCCCCC. The Bertz CT molecular complexity index is 2050. The van der Waals surface area contributed by atoms with Crippen LogP contribution in [-0.4, -0.2) is 99.2 Å². The number of rotatable bonds is 57. The third-order valence-corrected chi connectivity index (χ3v) is 18.2. The zero-order chi connectivity index (χ0) is 62.9. The van der Waals surface area contributed by atoms with E-state index >= 15 is 0 Å². The summed E-state index contributed by atoms with van der Waals surface area (Å²) < 4.78 is 30.6. The van der Waals surface area contributed by atoms with Crippen LogP contribution in [0.25, 0.3) is 0 Å². The topological polar surface area (TPSA) is 188 Å². The second kappa shape index (κ2) is 56.4. The third-order valence-electron chi connectivity index (χ3n) is 15.5. The number of carbonyl (C=O) groups excluding carboxylic acids is 6. The van der Waals surface area contributed by atoms with Gasteiger partial charge in [-0.1, -0.05) is 212 Å². The van der Waals surface area contributed by atoms with Gasteiger partial charge < -0.3 is 39.6 Å². The number of hydrogen-bond donors (Lipinski definition) is 3. The number of ether oxygens (including phenoxy) is 5. The summed E-state index contributed by atoms with van der Waals surface area (Å²) in [4.78, 5) is 77.2. The lowest BCUT2D eigenvalue weighted by Gasteiger charge is -2.22. The summed E-state index contributed by atoms with van der Waals surface area (Å²) in [6.45, 7) is 11.8. The highest BCUT2D eigenvalue weighted by Gasteiger charge is 2.22. The molecule has 494 valence electrons. The molecule has 3 N–H and O–H groups in total. The number of benzene rings is 2. The van der Waals surface area contributed by atoms with Crippen molar-refractivity contribution in [3.63, 3.8) is 0 Å². The van der Waals surface area contributed by atoms with Gasteiger partial charge in [0, 0.05) is 45.1 Å². The first-order valence-corrected chi connectivity index (χ1v) is 36.6. The third kappa shape index (κ3) is 46.0. The average molecular weight is 1330 g/mol. The molecule has 16 heteroatoms. The highest BCUT2D eigenvalue weighted by Crippen LogP contribution is 2.18. The zero-order valence-electron chi connectivity index (χ0n) is 54.5. The fraction of sp³-hybridized carbons (Fsp3) is 0.718. The molecular formula is C71H118IN4O11+. The highest BCUT2D eigenvalue weighted by molar-refractivity contribution is 5.93. The van der Waals surface area contributed by atoms with Crippen LogP contribution in [0.1, 0.15) is 271 Å². The Labute approximate surface area is 537 Å². The number of unbranched alkanes of at least 4 members (excludes halogenated alkanes) is 29. The van der Waals surface area contributed by atoms with Crippen LogP contribution in [0.15, 0.2) is 67.3 Å². The molecule has 0 aliphatic rings. The van der Waals surface area contributed by atoms with Crippen molar-refractivity contribution in [3.05, 3.63) is 74.4 Å². The maximum atomic E-state index is 13.5. The molecular weight excluding hydrogens is 1210 g/mol. The molecule has 0 aliphatic carbocycles. The molecule has 2 atom stereocenters. The standard InChI is InChI=1S/C71H117IN4O11/c1-5-9-11-13-15-17-19-21-25-36-46-63(7-3)86-68(79)49-39-28-24-30-41-55-74-70(81)76(69(80)73-54-40-29-23-27-38-48-67(78)84-59-58-83-66(77)8-4)57-43-32-31-42-56-75-71(82)87-65(47-37-26-22-20-18-16-14-12-10-6-2)60-85-64-52-50-62(51-53-64)72-61-44-34-33-35-45-61/h8,33-35,44-45,50-53,63,65H,4-7,9-32,36-43,46-49,54-60H2,1-3H3,(H2-,73,74,75,80,81,82)/p+1. The summed E-state index contributed by atoms with van der Waals surface area (Å²) in [6.07, 6.45) is 39.8. The van der Waals surface area contributed by atoms with E-state index in [1.165, 1.54) is 121 Å². The van der Waals surface area contributed by atoms with Crippen molar-refractivity contribution in [1.82, 2.24) is 20.9 Å². The molecule has 2 unspecified atom stereocenters. The van der Waals surface area contributed by atoms with E-state index in [-0.39, 0.29) is 78.1 Å². The van der Waals surface area contributed by atoms with Gasteiger partial charge in [0.2, 0.25) is 0 Å². The van der Waals surface area contributed by atoms with Gasteiger partial charge in [-0.3, -0.25) is 9.59 Å². The van der Waals surface area contributed by atoms with Gasteiger partial charge in [-0.15, -0.1) is 0 Å². The minimum atomic E-state index is -0.560. The van der Waals surface area contributed by atoms with Crippen molar-refractivity contribution in [1.29, 1.82) is 0 Å². The molecule has 0 saturated carbocycles. The second-order valence-corrected chi connectivity index (χ2v) is 26.3. The Balaban J connectivity index is 1.80. The van der Waals surface area contributed by atoms with Crippen LogP contribution < -0.4 is 41.9 Å². The van der Waals surface area contributed by atoms with E-state index in [1.807, 2.05) is 18.2 Å². The van der Waals surface area contributed by atoms with Crippen molar-refractivity contribution in [2.45, 2.75) is 283 Å². The second-order valence-electron chi connectivity index (χ2n) is 23.2. The summed E-state index contributed by atoms with van der Waals surface area (Å²) in [5.41, 5.74) is 0. The minimum Gasteiger partial charge on any atom is -0.490 e. The lowest BCUT2D eigenvalue weighted by atomic mass is 10.0. The van der Waals surface area contributed by atoms with Gasteiger partial charge in [0.1, 0.15) is 37.8 Å². The first kappa shape index (κ1) is 78.2. The van der Waals surface area contributed by atoms with Crippen molar-refractivity contribution < 1.29 is 73.7 Å². The van der Waals surface area contributed by atoms with E-state index in [2.05, 4.69) is 79.7 Å². The first-order valence-electron chi connectivity index (χ1n) is 34.4. The predicted octanol–water partition coefficient (Wildman–Crippen LogP) is 14.5. The number of esters is 3. The molecule has 5 amide bonds. The molecule has 0 aromatic heterocycles. The number of nitrogens with zero attached hydrogens (tertiary/aromatic N) is 1. The molecule has 2 aromatic rings. The Morgan fingerprint density at radius 1 is 0.471 bits per heavy atom. The van der Waals surface area contributed by atoms with Crippen LogP contribution in [0, 0.1) is 7.14 Å².